The first kappa shape index (κ1) is 13.8. The Morgan fingerprint density at radius 3 is 2.55 bits per heavy atom. The lowest BCUT2D eigenvalue weighted by Gasteiger charge is -2.08. The van der Waals surface area contributed by atoms with Crippen LogP contribution in [0, 0.1) is 11.3 Å². The number of furan rings is 1. The first-order valence-corrected chi connectivity index (χ1v) is 6.92. The fraction of sp³-hybridized carbons (Fsp3) is 0.118. The summed E-state index contributed by atoms with van der Waals surface area (Å²) in [7, 11) is 0. The second kappa shape index (κ2) is 6.10. The van der Waals surface area contributed by atoms with Gasteiger partial charge in [-0.25, -0.2) is 9.97 Å². The predicted octanol–water partition coefficient (Wildman–Crippen LogP) is 2.98. The molecular weight excluding hydrogens is 276 g/mol. The molecule has 5 nitrogen and oxygen atoms in total. The number of nitrogens with zero attached hydrogens (tertiary/aromatic N) is 3. The number of nitriles is 1. The number of anilines is 1. The Bertz CT molecular complexity index is 805. The Hall–Kier alpha value is -3.13. The SMILES string of the molecule is N#Cc1c(CCc2ccccc2)nc(N)nc1-c1ccco1. The van der Waals surface area contributed by atoms with Crippen LogP contribution in [-0.2, 0) is 12.8 Å². The number of aromatic nitrogens is 2. The van der Waals surface area contributed by atoms with Gasteiger partial charge >= 0.3 is 0 Å². The summed E-state index contributed by atoms with van der Waals surface area (Å²) in [4.78, 5) is 8.38. The number of nitrogen functional groups attached to an aromatic ring is 1. The molecule has 3 rings (SSSR count). The standard InChI is InChI=1S/C17H14N4O/c18-11-13-14(9-8-12-5-2-1-3-6-12)20-17(19)21-16(13)15-7-4-10-22-15/h1-7,10H,8-9H2,(H2,19,20,21). The summed E-state index contributed by atoms with van der Waals surface area (Å²) in [6.45, 7) is 0. The van der Waals surface area contributed by atoms with Crippen LogP contribution < -0.4 is 5.73 Å². The maximum atomic E-state index is 9.47. The molecular formula is C17H14N4O. The van der Waals surface area contributed by atoms with E-state index in [-0.39, 0.29) is 5.95 Å². The summed E-state index contributed by atoms with van der Waals surface area (Å²) < 4.78 is 5.34. The molecule has 0 saturated heterocycles. The third kappa shape index (κ3) is 2.81. The molecule has 0 amide bonds. The van der Waals surface area contributed by atoms with Crippen LogP contribution in [0.4, 0.5) is 5.95 Å². The van der Waals surface area contributed by atoms with Crippen LogP contribution in [0.2, 0.25) is 0 Å². The van der Waals surface area contributed by atoms with Gasteiger partial charge in [0.05, 0.1) is 12.0 Å². The van der Waals surface area contributed by atoms with Gasteiger partial charge in [-0.1, -0.05) is 30.3 Å². The molecule has 2 heterocycles. The minimum atomic E-state index is 0.147. The molecule has 0 aliphatic carbocycles. The van der Waals surface area contributed by atoms with Crippen molar-refractivity contribution >= 4 is 5.95 Å². The Morgan fingerprint density at radius 2 is 1.86 bits per heavy atom. The molecule has 0 spiro atoms. The highest BCUT2D eigenvalue weighted by Gasteiger charge is 2.16. The number of benzene rings is 1. The largest absolute Gasteiger partial charge is 0.463 e. The van der Waals surface area contributed by atoms with Crippen molar-refractivity contribution in [3.05, 3.63) is 65.5 Å². The molecule has 0 bridgehead atoms. The normalized spacial score (nSPS) is 10.3. The van der Waals surface area contributed by atoms with E-state index in [9.17, 15) is 5.26 Å². The molecule has 1 aromatic carbocycles. The van der Waals surface area contributed by atoms with Crippen molar-refractivity contribution in [3.63, 3.8) is 0 Å². The van der Waals surface area contributed by atoms with E-state index in [1.54, 1.807) is 18.4 Å². The van der Waals surface area contributed by atoms with Gasteiger partial charge in [-0.05, 0) is 30.5 Å². The average molecular weight is 290 g/mol. The van der Waals surface area contributed by atoms with Crippen LogP contribution in [-0.4, -0.2) is 9.97 Å². The van der Waals surface area contributed by atoms with Crippen molar-refractivity contribution in [3.8, 4) is 17.5 Å². The van der Waals surface area contributed by atoms with Crippen LogP contribution in [0.5, 0.6) is 0 Å². The molecule has 0 saturated carbocycles. The zero-order valence-electron chi connectivity index (χ0n) is 11.9. The summed E-state index contributed by atoms with van der Waals surface area (Å²) in [6.07, 6.45) is 2.94. The lowest BCUT2D eigenvalue weighted by molar-refractivity contribution is 0.579. The van der Waals surface area contributed by atoms with Gasteiger partial charge < -0.3 is 10.2 Å². The van der Waals surface area contributed by atoms with Crippen molar-refractivity contribution in [2.45, 2.75) is 12.8 Å². The molecule has 0 atom stereocenters. The number of rotatable bonds is 4. The first-order valence-electron chi connectivity index (χ1n) is 6.92. The Balaban J connectivity index is 1.96. The van der Waals surface area contributed by atoms with E-state index in [4.69, 9.17) is 10.2 Å². The summed E-state index contributed by atoms with van der Waals surface area (Å²) in [5, 5.41) is 9.47. The summed E-state index contributed by atoms with van der Waals surface area (Å²) >= 11 is 0. The lowest BCUT2D eigenvalue weighted by atomic mass is 10.0. The van der Waals surface area contributed by atoms with Crippen molar-refractivity contribution in [2.24, 2.45) is 0 Å². The molecule has 0 aliphatic rings. The van der Waals surface area contributed by atoms with Gasteiger partial charge in [0.15, 0.2) is 5.76 Å². The monoisotopic (exact) mass is 290 g/mol. The highest BCUT2D eigenvalue weighted by molar-refractivity contribution is 5.64. The van der Waals surface area contributed by atoms with Crippen molar-refractivity contribution < 1.29 is 4.42 Å². The Labute approximate surface area is 128 Å². The summed E-state index contributed by atoms with van der Waals surface area (Å²) in [5.74, 6) is 0.667. The molecule has 108 valence electrons. The maximum absolute atomic E-state index is 9.47. The van der Waals surface area contributed by atoms with E-state index in [0.29, 0.717) is 29.1 Å². The molecule has 22 heavy (non-hydrogen) atoms. The molecule has 3 aromatic rings. The van der Waals surface area contributed by atoms with Crippen molar-refractivity contribution in [1.29, 1.82) is 5.26 Å². The van der Waals surface area contributed by atoms with Crippen molar-refractivity contribution in [1.82, 2.24) is 9.97 Å². The van der Waals surface area contributed by atoms with Crippen LogP contribution in [0.25, 0.3) is 11.5 Å². The minimum absolute atomic E-state index is 0.147. The highest BCUT2D eigenvalue weighted by atomic mass is 16.3. The fourth-order valence-corrected chi connectivity index (χ4v) is 2.32. The van der Waals surface area contributed by atoms with E-state index >= 15 is 0 Å². The number of hydrogen-bond acceptors (Lipinski definition) is 5. The van der Waals surface area contributed by atoms with E-state index in [2.05, 4.69) is 16.0 Å². The van der Waals surface area contributed by atoms with Crippen LogP contribution in [0.15, 0.2) is 53.1 Å². The van der Waals surface area contributed by atoms with E-state index in [1.165, 1.54) is 5.56 Å². The van der Waals surface area contributed by atoms with Crippen LogP contribution >= 0.6 is 0 Å². The number of nitrogens with two attached hydrogens (primary N) is 1. The van der Waals surface area contributed by atoms with Gasteiger partial charge in [-0.2, -0.15) is 5.26 Å². The van der Waals surface area contributed by atoms with Gasteiger partial charge in [-0.3, -0.25) is 0 Å². The molecule has 0 radical (unpaired) electrons. The molecule has 2 N–H and O–H groups in total. The smallest absolute Gasteiger partial charge is 0.220 e. The second-order valence-electron chi connectivity index (χ2n) is 4.83. The van der Waals surface area contributed by atoms with Gasteiger partial charge in [0, 0.05) is 0 Å². The van der Waals surface area contributed by atoms with Gasteiger partial charge in [-0.15, -0.1) is 0 Å². The lowest BCUT2D eigenvalue weighted by Crippen LogP contribution is -2.06. The fourth-order valence-electron chi connectivity index (χ4n) is 2.32. The third-order valence-corrected chi connectivity index (χ3v) is 3.36. The average Bonchev–Trinajstić information content (AvgIpc) is 3.07. The first-order chi connectivity index (χ1) is 10.8. The zero-order valence-corrected chi connectivity index (χ0v) is 11.9. The maximum Gasteiger partial charge on any atom is 0.220 e. The van der Waals surface area contributed by atoms with Crippen LogP contribution in [0.1, 0.15) is 16.8 Å². The van der Waals surface area contributed by atoms with E-state index < -0.39 is 0 Å². The van der Waals surface area contributed by atoms with Gasteiger partial charge in [0.2, 0.25) is 5.95 Å². The minimum Gasteiger partial charge on any atom is -0.463 e. The van der Waals surface area contributed by atoms with E-state index in [0.717, 1.165) is 6.42 Å². The highest BCUT2D eigenvalue weighted by Crippen LogP contribution is 2.25. The summed E-state index contributed by atoms with van der Waals surface area (Å²) in [5.41, 5.74) is 8.48. The summed E-state index contributed by atoms with van der Waals surface area (Å²) in [6, 6.07) is 15.7. The van der Waals surface area contributed by atoms with Gasteiger partial charge in [0.25, 0.3) is 0 Å². The quantitative estimate of drug-likeness (QED) is 0.798. The molecule has 0 fully saturated rings. The van der Waals surface area contributed by atoms with E-state index in [1.807, 2.05) is 30.3 Å². The predicted molar refractivity (Wildman–Crippen MR) is 82.7 cm³/mol. The molecule has 0 unspecified atom stereocenters. The number of aryl methyl sites for hydroxylation is 2. The van der Waals surface area contributed by atoms with Crippen LogP contribution in [0.3, 0.4) is 0 Å². The molecule has 2 aromatic heterocycles. The Morgan fingerprint density at radius 1 is 1.05 bits per heavy atom. The third-order valence-electron chi connectivity index (χ3n) is 3.36. The number of hydrogen-bond donors (Lipinski definition) is 1. The molecule has 5 heteroatoms. The second-order valence-corrected chi connectivity index (χ2v) is 4.83. The van der Waals surface area contributed by atoms with Gasteiger partial charge in [0.1, 0.15) is 17.3 Å². The Kier molecular flexibility index (Phi) is 3.84. The molecule has 0 aliphatic heterocycles. The topological polar surface area (TPSA) is 88.7 Å². The zero-order chi connectivity index (χ0) is 15.4. The van der Waals surface area contributed by atoms with Crippen molar-refractivity contribution in [2.75, 3.05) is 5.73 Å².